The van der Waals surface area contributed by atoms with Crippen molar-refractivity contribution in [3.63, 3.8) is 0 Å². The highest BCUT2D eigenvalue weighted by molar-refractivity contribution is 14.0. The standard InChI is InChI=1S/C20H37N7O2.HI/c1-2-19-25-23-16-27(19)11-9-22-20(24-17-4-6-18(28)7-5-17)21-8-3-10-26-12-14-29-15-13-26;/h16-18,28H,2-15H2,1H3,(H2,21,22,24);1H. The van der Waals surface area contributed by atoms with E-state index < -0.39 is 0 Å². The van der Waals surface area contributed by atoms with E-state index in [-0.39, 0.29) is 30.1 Å². The molecule has 1 aromatic rings. The minimum atomic E-state index is -0.142. The first kappa shape index (κ1) is 25.3. The first-order valence-corrected chi connectivity index (χ1v) is 11.1. The van der Waals surface area contributed by atoms with Gasteiger partial charge in [0.15, 0.2) is 5.96 Å². The summed E-state index contributed by atoms with van der Waals surface area (Å²) < 4.78 is 7.49. The van der Waals surface area contributed by atoms with Gasteiger partial charge in [0.05, 0.1) is 19.3 Å². The molecule has 0 radical (unpaired) electrons. The van der Waals surface area contributed by atoms with Gasteiger partial charge in [-0.1, -0.05) is 6.92 Å². The number of aryl methyl sites for hydroxylation is 1. The first-order chi connectivity index (χ1) is 14.2. The van der Waals surface area contributed by atoms with Crippen molar-refractivity contribution >= 4 is 29.9 Å². The second-order valence-electron chi connectivity index (χ2n) is 7.91. The normalized spacial score (nSPS) is 23.1. The van der Waals surface area contributed by atoms with Gasteiger partial charge in [-0.2, -0.15) is 0 Å². The fourth-order valence-electron chi connectivity index (χ4n) is 3.91. The van der Waals surface area contributed by atoms with Gasteiger partial charge in [0.2, 0.25) is 0 Å². The van der Waals surface area contributed by atoms with Crippen molar-refractivity contribution in [2.24, 2.45) is 4.99 Å². The number of hydrogen-bond acceptors (Lipinski definition) is 6. The molecule has 1 aliphatic carbocycles. The van der Waals surface area contributed by atoms with Crippen LogP contribution in [0.15, 0.2) is 11.3 Å². The molecule has 1 aliphatic heterocycles. The molecule has 172 valence electrons. The molecule has 30 heavy (non-hydrogen) atoms. The predicted octanol–water partition coefficient (Wildman–Crippen LogP) is 1.02. The molecule has 9 nitrogen and oxygen atoms in total. The van der Waals surface area contributed by atoms with Crippen molar-refractivity contribution in [2.45, 2.75) is 64.1 Å². The van der Waals surface area contributed by atoms with E-state index in [1.54, 1.807) is 6.33 Å². The fourth-order valence-corrected chi connectivity index (χ4v) is 3.91. The van der Waals surface area contributed by atoms with Crippen molar-refractivity contribution in [1.29, 1.82) is 0 Å². The quantitative estimate of drug-likeness (QED) is 0.188. The van der Waals surface area contributed by atoms with Crippen molar-refractivity contribution in [1.82, 2.24) is 30.3 Å². The zero-order valence-electron chi connectivity index (χ0n) is 18.1. The maximum absolute atomic E-state index is 9.75. The Morgan fingerprint density at radius 2 is 2.00 bits per heavy atom. The maximum atomic E-state index is 9.75. The molecule has 0 bridgehead atoms. The Kier molecular flexibility index (Phi) is 11.9. The molecule has 0 amide bonds. The number of morpholine rings is 1. The number of halogens is 1. The van der Waals surface area contributed by atoms with Crippen LogP contribution in [0.4, 0.5) is 0 Å². The third-order valence-electron chi connectivity index (χ3n) is 5.70. The van der Waals surface area contributed by atoms with Gasteiger partial charge in [0.25, 0.3) is 0 Å². The van der Waals surface area contributed by atoms with Crippen LogP contribution >= 0.6 is 24.0 Å². The van der Waals surface area contributed by atoms with Crippen LogP contribution in [0.2, 0.25) is 0 Å². The zero-order chi connectivity index (χ0) is 20.3. The smallest absolute Gasteiger partial charge is 0.191 e. The van der Waals surface area contributed by atoms with Crippen molar-refractivity contribution in [3.05, 3.63) is 12.2 Å². The predicted molar refractivity (Wildman–Crippen MR) is 128 cm³/mol. The Hall–Kier alpha value is -0.980. The van der Waals surface area contributed by atoms with E-state index in [1.165, 1.54) is 0 Å². The molecular weight excluding hydrogens is 497 g/mol. The molecule has 1 saturated heterocycles. The molecule has 1 saturated carbocycles. The number of aliphatic imine (C=N–C) groups is 1. The highest BCUT2D eigenvalue weighted by Crippen LogP contribution is 2.18. The summed E-state index contributed by atoms with van der Waals surface area (Å²) in [6.45, 7) is 9.28. The number of nitrogens with one attached hydrogen (secondary N) is 2. The number of guanidine groups is 1. The van der Waals surface area contributed by atoms with Crippen LogP contribution in [0.25, 0.3) is 0 Å². The van der Waals surface area contributed by atoms with E-state index in [0.29, 0.717) is 6.04 Å². The number of rotatable bonds is 9. The van der Waals surface area contributed by atoms with Crippen LogP contribution in [-0.2, 0) is 17.7 Å². The van der Waals surface area contributed by atoms with E-state index in [2.05, 4.69) is 37.2 Å². The summed E-state index contributed by atoms with van der Waals surface area (Å²) in [5.74, 6) is 1.88. The van der Waals surface area contributed by atoms with Crippen LogP contribution < -0.4 is 10.6 Å². The lowest BCUT2D eigenvalue weighted by atomic mass is 9.93. The van der Waals surface area contributed by atoms with Crippen molar-refractivity contribution in [2.75, 3.05) is 45.9 Å². The van der Waals surface area contributed by atoms with Gasteiger partial charge < -0.3 is 25.0 Å². The molecule has 2 heterocycles. The summed E-state index contributed by atoms with van der Waals surface area (Å²) in [6, 6.07) is 0.380. The van der Waals surface area contributed by atoms with Gasteiger partial charge in [0.1, 0.15) is 12.2 Å². The van der Waals surface area contributed by atoms with E-state index in [0.717, 1.165) is 103 Å². The zero-order valence-corrected chi connectivity index (χ0v) is 20.5. The molecule has 3 N–H and O–H groups in total. The Labute approximate surface area is 197 Å². The maximum Gasteiger partial charge on any atom is 0.191 e. The monoisotopic (exact) mass is 535 g/mol. The second-order valence-corrected chi connectivity index (χ2v) is 7.91. The molecule has 10 heteroatoms. The molecule has 1 aromatic heterocycles. The fraction of sp³-hybridized carbons (Fsp3) is 0.850. The third-order valence-corrected chi connectivity index (χ3v) is 5.70. The molecule has 0 aromatic carbocycles. The minimum Gasteiger partial charge on any atom is -0.393 e. The van der Waals surface area contributed by atoms with Gasteiger partial charge in [-0.15, -0.1) is 34.2 Å². The van der Waals surface area contributed by atoms with Gasteiger partial charge in [-0.25, -0.2) is 0 Å². The number of ether oxygens (including phenoxy) is 1. The Bertz CT molecular complexity index is 614. The summed E-state index contributed by atoms with van der Waals surface area (Å²) in [7, 11) is 0. The minimum absolute atomic E-state index is 0. The number of nitrogens with zero attached hydrogens (tertiary/aromatic N) is 5. The van der Waals surface area contributed by atoms with Crippen molar-refractivity contribution in [3.8, 4) is 0 Å². The third kappa shape index (κ3) is 8.64. The number of hydrogen-bond donors (Lipinski definition) is 3. The van der Waals surface area contributed by atoms with E-state index in [1.807, 2.05) is 0 Å². The van der Waals surface area contributed by atoms with Crippen LogP contribution in [-0.4, -0.2) is 88.8 Å². The number of aromatic nitrogens is 3. The van der Waals surface area contributed by atoms with E-state index in [9.17, 15) is 5.11 Å². The molecule has 0 spiro atoms. The van der Waals surface area contributed by atoms with Gasteiger partial charge in [-0.3, -0.25) is 9.89 Å². The lowest BCUT2D eigenvalue weighted by molar-refractivity contribution is 0.0377. The Balaban J connectivity index is 0.00000320. The van der Waals surface area contributed by atoms with E-state index >= 15 is 0 Å². The molecular formula is C20H38IN7O2. The molecule has 0 unspecified atom stereocenters. The average molecular weight is 535 g/mol. The van der Waals surface area contributed by atoms with E-state index in [4.69, 9.17) is 9.73 Å². The topological polar surface area (TPSA) is 99.8 Å². The largest absolute Gasteiger partial charge is 0.393 e. The Morgan fingerprint density at radius 1 is 1.23 bits per heavy atom. The van der Waals surface area contributed by atoms with Crippen LogP contribution in [0.3, 0.4) is 0 Å². The van der Waals surface area contributed by atoms with Gasteiger partial charge >= 0.3 is 0 Å². The first-order valence-electron chi connectivity index (χ1n) is 11.1. The number of aliphatic hydroxyl groups excluding tert-OH is 1. The van der Waals surface area contributed by atoms with Crippen molar-refractivity contribution < 1.29 is 9.84 Å². The average Bonchev–Trinajstić information content (AvgIpc) is 3.21. The molecule has 3 rings (SSSR count). The van der Waals surface area contributed by atoms with Crippen LogP contribution in [0, 0.1) is 0 Å². The summed E-state index contributed by atoms with van der Waals surface area (Å²) in [6.07, 6.45) is 7.27. The SMILES string of the molecule is CCc1nncn1CCNC(=NCCCN1CCOCC1)NC1CCC(O)CC1.I. The lowest BCUT2D eigenvalue weighted by Gasteiger charge is -2.28. The molecule has 2 fully saturated rings. The summed E-state index contributed by atoms with van der Waals surface area (Å²) in [5.41, 5.74) is 0. The summed E-state index contributed by atoms with van der Waals surface area (Å²) in [5, 5.41) is 24.9. The van der Waals surface area contributed by atoms with Gasteiger partial charge in [-0.05, 0) is 32.1 Å². The lowest BCUT2D eigenvalue weighted by Crippen LogP contribution is -2.46. The second kappa shape index (κ2) is 14.2. The van der Waals surface area contributed by atoms with Gasteiger partial charge in [0, 0.05) is 51.7 Å². The highest BCUT2D eigenvalue weighted by Gasteiger charge is 2.20. The van der Waals surface area contributed by atoms with Crippen LogP contribution in [0.1, 0.15) is 44.9 Å². The highest BCUT2D eigenvalue weighted by atomic mass is 127. The number of aliphatic hydroxyl groups is 1. The summed E-state index contributed by atoms with van der Waals surface area (Å²) >= 11 is 0. The Morgan fingerprint density at radius 3 is 2.73 bits per heavy atom. The van der Waals surface area contributed by atoms with Crippen LogP contribution in [0.5, 0.6) is 0 Å². The molecule has 0 atom stereocenters. The molecule has 2 aliphatic rings. The summed E-state index contributed by atoms with van der Waals surface area (Å²) in [4.78, 5) is 7.26.